The van der Waals surface area contributed by atoms with Crippen LogP contribution in [0.5, 0.6) is 5.75 Å². The number of hydrogen-bond acceptors (Lipinski definition) is 5. The Morgan fingerprint density at radius 1 is 1.53 bits per heavy atom. The molecule has 0 aliphatic rings. The number of hydrogen-bond donors (Lipinski definition) is 1. The number of ether oxygens (including phenoxy) is 1. The Kier molecular flexibility index (Phi) is 5.83. The van der Waals surface area contributed by atoms with E-state index >= 15 is 0 Å². The lowest BCUT2D eigenvalue weighted by Crippen LogP contribution is -2.33. The van der Waals surface area contributed by atoms with Gasteiger partial charge in [-0.3, -0.25) is 15.4 Å². The van der Waals surface area contributed by atoms with Gasteiger partial charge in [-0.05, 0) is 6.54 Å². The number of rotatable bonds is 6. The first kappa shape index (κ1) is 15.5. The third kappa shape index (κ3) is 4.24. The van der Waals surface area contributed by atoms with Crippen LogP contribution >= 0.6 is 23.2 Å². The summed E-state index contributed by atoms with van der Waals surface area (Å²) in [5.74, 6) is 0.132. The smallest absolute Gasteiger partial charge is 0.272 e. The first-order valence-electron chi connectivity index (χ1n) is 5.38. The van der Waals surface area contributed by atoms with Crippen molar-refractivity contribution in [2.45, 2.75) is 13.0 Å². The summed E-state index contributed by atoms with van der Waals surface area (Å²) in [5.41, 5.74) is -0.217. The van der Waals surface area contributed by atoms with Gasteiger partial charge in [0.25, 0.3) is 5.69 Å². The Labute approximate surface area is 120 Å². The number of benzene rings is 1. The highest BCUT2D eigenvalue weighted by atomic mass is 35.5. The van der Waals surface area contributed by atoms with Crippen molar-refractivity contribution in [3.8, 4) is 11.8 Å². The maximum Gasteiger partial charge on any atom is 0.272 e. The quantitative estimate of drug-likeness (QED) is 0.645. The van der Waals surface area contributed by atoms with Crippen molar-refractivity contribution in [1.29, 1.82) is 5.26 Å². The molecule has 0 radical (unpaired) electrons. The summed E-state index contributed by atoms with van der Waals surface area (Å²) in [7, 11) is 0. The van der Waals surface area contributed by atoms with Crippen LogP contribution in [0, 0.1) is 21.4 Å². The molecule has 6 nitrogen and oxygen atoms in total. The van der Waals surface area contributed by atoms with Crippen molar-refractivity contribution in [1.82, 2.24) is 5.32 Å². The van der Waals surface area contributed by atoms with Crippen LogP contribution in [0.2, 0.25) is 10.0 Å². The molecule has 1 rings (SSSR count). The molecule has 0 spiro atoms. The van der Waals surface area contributed by atoms with Gasteiger partial charge < -0.3 is 4.74 Å². The fourth-order valence-electron chi connectivity index (χ4n) is 1.34. The molecule has 0 fully saturated rings. The van der Waals surface area contributed by atoms with Gasteiger partial charge in [0.15, 0.2) is 5.75 Å². The van der Waals surface area contributed by atoms with E-state index in [1.807, 2.05) is 13.0 Å². The summed E-state index contributed by atoms with van der Waals surface area (Å²) in [5, 5.41) is 22.4. The summed E-state index contributed by atoms with van der Waals surface area (Å²) < 4.78 is 5.34. The van der Waals surface area contributed by atoms with Crippen molar-refractivity contribution in [2.75, 3.05) is 13.2 Å². The lowest BCUT2D eigenvalue weighted by Gasteiger charge is -2.13. The largest absolute Gasteiger partial charge is 0.488 e. The van der Waals surface area contributed by atoms with Crippen molar-refractivity contribution in [3.05, 3.63) is 32.3 Å². The number of non-ortho nitro benzene ring substituents is 1. The van der Waals surface area contributed by atoms with E-state index < -0.39 is 11.0 Å². The van der Waals surface area contributed by atoms with Gasteiger partial charge in [-0.15, -0.1) is 0 Å². The van der Waals surface area contributed by atoms with Gasteiger partial charge in [-0.25, -0.2) is 0 Å². The van der Waals surface area contributed by atoms with Crippen LogP contribution in [-0.2, 0) is 0 Å². The number of halogens is 2. The molecule has 1 aromatic rings. The standard InChI is InChI=1S/C11H11Cl2N3O3/c1-2-15-7(5-14)6-19-11-9(12)3-8(16(17)18)4-10(11)13/h3-4,7,15H,2,6H2,1H3. The average molecular weight is 304 g/mol. The molecule has 19 heavy (non-hydrogen) atoms. The highest BCUT2D eigenvalue weighted by molar-refractivity contribution is 6.37. The van der Waals surface area contributed by atoms with Crippen LogP contribution in [0.1, 0.15) is 6.92 Å². The molecule has 0 aromatic heterocycles. The number of nitro groups is 1. The minimum atomic E-state index is -0.599. The van der Waals surface area contributed by atoms with E-state index in [4.69, 9.17) is 33.2 Å². The van der Waals surface area contributed by atoms with Crippen LogP contribution < -0.4 is 10.1 Å². The van der Waals surface area contributed by atoms with Gasteiger partial charge in [0.05, 0.1) is 21.0 Å². The number of nitro benzene ring substituents is 1. The Morgan fingerprint density at radius 2 is 2.11 bits per heavy atom. The maximum atomic E-state index is 10.6. The number of nitrogens with zero attached hydrogens (tertiary/aromatic N) is 2. The highest BCUT2D eigenvalue weighted by Crippen LogP contribution is 2.36. The van der Waals surface area contributed by atoms with E-state index in [2.05, 4.69) is 5.32 Å². The molecule has 0 amide bonds. The summed E-state index contributed by atoms with van der Waals surface area (Å²) >= 11 is 11.7. The number of nitriles is 1. The van der Waals surface area contributed by atoms with Gasteiger partial charge in [0, 0.05) is 12.1 Å². The minimum Gasteiger partial charge on any atom is -0.488 e. The Hall–Kier alpha value is -1.55. The number of likely N-dealkylation sites (N-methyl/N-ethyl adjacent to an activating group) is 1. The molecule has 0 aliphatic carbocycles. The predicted octanol–water partition coefficient (Wildman–Crippen LogP) is 2.78. The molecular weight excluding hydrogens is 293 g/mol. The Morgan fingerprint density at radius 3 is 2.53 bits per heavy atom. The van der Waals surface area contributed by atoms with Crippen molar-refractivity contribution >= 4 is 28.9 Å². The molecule has 1 atom stereocenters. The van der Waals surface area contributed by atoms with E-state index in [1.54, 1.807) is 0 Å². The molecule has 0 bridgehead atoms. The summed E-state index contributed by atoms with van der Waals surface area (Å²) in [6.45, 7) is 2.51. The van der Waals surface area contributed by atoms with Gasteiger partial charge in [-0.1, -0.05) is 30.1 Å². The molecule has 1 N–H and O–H groups in total. The Balaban J connectivity index is 2.85. The number of nitrogens with one attached hydrogen (secondary N) is 1. The monoisotopic (exact) mass is 303 g/mol. The first-order chi connectivity index (χ1) is 8.99. The maximum absolute atomic E-state index is 10.6. The van der Waals surface area contributed by atoms with Crippen LogP contribution in [0.25, 0.3) is 0 Å². The summed E-state index contributed by atoms with van der Waals surface area (Å²) in [6.07, 6.45) is 0. The molecule has 1 aromatic carbocycles. The third-order valence-corrected chi connectivity index (χ3v) is 2.76. The van der Waals surface area contributed by atoms with E-state index in [1.165, 1.54) is 0 Å². The zero-order chi connectivity index (χ0) is 14.4. The van der Waals surface area contributed by atoms with E-state index in [9.17, 15) is 10.1 Å². The second-order valence-corrected chi connectivity index (χ2v) is 4.36. The fourth-order valence-corrected chi connectivity index (χ4v) is 1.93. The lowest BCUT2D eigenvalue weighted by atomic mass is 10.3. The van der Waals surface area contributed by atoms with Crippen LogP contribution in [0.3, 0.4) is 0 Å². The fraction of sp³-hybridized carbons (Fsp3) is 0.364. The van der Waals surface area contributed by atoms with Gasteiger partial charge in [0.2, 0.25) is 0 Å². The van der Waals surface area contributed by atoms with Gasteiger partial charge in [0.1, 0.15) is 12.6 Å². The van der Waals surface area contributed by atoms with E-state index in [0.29, 0.717) is 6.54 Å². The second-order valence-electron chi connectivity index (χ2n) is 3.55. The molecule has 1 unspecified atom stereocenters. The lowest BCUT2D eigenvalue weighted by molar-refractivity contribution is -0.384. The Bertz CT molecular complexity index is 493. The first-order valence-corrected chi connectivity index (χ1v) is 6.14. The molecule has 0 saturated heterocycles. The van der Waals surface area contributed by atoms with E-state index in [-0.39, 0.29) is 28.1 Å². The summed E-state index contributed by atoms with van der Waals surface area (Å²) in [6, 6.07) is 3.80. The molecule has 102 valence electrons. The SMILES string of the molecule is CCNC(C#N)COc1c(Cl)cc([N+](=O)[O-])cc1Cl. The molecule has 0 saturated carbocycles. The molecule has 0 heterocycles. The third-order valence-electron chi connectivity index (χ3n) is 2.19. The normalized spacial score (nSPS) is 11.7. The topological polar surface area (TPSA) is 88.2 Å². The van der Waals surface area contributed by atoms with Gasteiger partial charge >= 0.3 is 0 Å². The zero-order valence-electron chi connectivity index (χ0n) is 10.0. The molecular formula is C11H11Cl2N3O3. The minimum absolute atomic E-state index is 0.0346. The van der Waals surface area contributed by atoms with Gasteiger partial charge in [-0.2, -0.15) is 5.26 Å². The summed E-state index contributed by atoms with van der Waals surface area (Å²) in [4.78, 5) is 10.0. The zero-order valence-corrected chi connectivity index (χ0v) is 11.5. The second kappa shape index (κ2) is 7.14. The molecule has 0 aliphatic heterocycles. The molecule has 8 heteroatoms. The van der Waals surface area contributed by atoms with Crippen molar-refractivity contribution in [2.24, 2.45) is 0 Å². The van der Waals surface area contributed by atoms with Crippen LogP contribution in [-0.4, -0.2) is 24.1 Å². The average Bonchev–Trinajstić information content (AvgIpc) is 2.36. The van der Waals surface area contributed by atoms with Crippen LogP contribution in [0.15, 0.2) is 12.1 Å². The van der Waals surface area contributed by atoms with Crippen molar-refractivity contribution < 1.29 is 9.66 Å². The van der Waals surface area contributed by atoms with Crippen molar-refractivity contribution in [3.63, 3.8) is 0 Å². The van der Waals surface area contributed by atoms with Crippen LogP contribution in [0.4, 0.5) is 5.69 Å². The highest BCUT2D eigenvalue weighted by Gasteiger charge is 2.17. The van der Waals surface area contributed by atoms with E-state index in [0.717, 1.165) is 12.1 Å². The predicted molar refractivity (Wildman–Crippen MR) is 71.7 cm³/mol.